The van der Waals surface area contributed by atoms with Gasteiger partial charge in [-0.25, -0.2) is 0 Å². The van der Waals surface area contributed by atoms with E-state index in [2.05, 4.69) is 30.7 Å². The van der Waals surface area contributed by atoms with Crippen molar-refractivity contribution in [2.24, 2.45) is 11.3 Å². The van der Waals surface area contributed by atoms with Crippen LogP contribution in [0.25, 0.3) is 0 Å². The highest BCUT2D eigenvalue weighted by Gasteiger charge is 2.34. The maximum Gasteiger partial charge on any atom is 0.308 e. The molecule has 0 saturated heterocycles. The van der Waals surface area contributed by atoms with Crippen molar-refractivity contribution in [3.05, 3.63) is 6.07 Å². The Hall–Kier alpha value is -1.50. The number of esters is 1. The number of hydrogen-bond acceptors (Lipinski definition) is 7. The van der Waals surface area contributed by atoms with Gasteiger partial charge < -0.3 is 14.2 Å². The molecule has 0 aromatic carbocycles. The van der Waals surface area contributed by atoms with E-state index in [-0.39, 0.29) is 22.6 Å². The number of thioether (sulfide) groups is 1. The fourth-order valence-corrected chi connectivity index (χ4v) is 2.86. The van der Waals surface area contributed by atoms with Crippen LogP contribution in [0.3, 0.4) is 0 Å². The van der Waals surface area contributed by atoms with Gasteiger partial charge in [0, 0.05) is 0 Å². The Morgan fingerprint density at radius 3 is 2.26 bits per heavy atom. The summed E-state index contributed by atoms with van der Waals surface area (Å²) in [5.41, 5.74) is -0.0752. The zero-order valence-corrected chi connectivity index (χ0v) is 15.1. The first-order valence-electron chi connectivity index (χ1n) is 7.64. The predicted octanol–water partition coefficient (Wildman–Crippen LogP) is 2.95. The molecule has 1 aromatic heterocycles. The quantitative estimate of drug-likeness (QED) is 0.429. The van der Waals surface area contributed by atoms with Crippen molar-refractivity contribution in [3.8, 4) is 11.8 Å². The van der Waals surface area contributed by atoms with Gasteiger partial charge in [-0.05, 0) is 18.3 Å². The van der Waals surface area contributed by atoms with Gasteiger partial charge in [0.2, 0.25) is 11.8 Å². The predicted molar refractivity (Wildman–Crippen MR) is 87.9 cm³/mol. The summed E-state index contributed by atoms with van der Waals surface area (Å²) in [6.07, 6.45) is 1.89. The number of ether oxygens (including phenoxy) is 3. The molecule has 1 aliphatic carbocycles. The van der Waals surface area contributed by atoms with E-state index in [0.29, 0.717) is 23.5 Å². The Kier molecular flexibility index (Phi) is 5.73. The molecule has 0 aliphatic heterocycles. The molecule has 0 amide bonds. The molecule has 1 fully saturated rings. The molecule has 0 spiro atoms. The van der Waals surface area contributed by atoms with Crippen molar-refractivity contribution < 1.29 is 19.0 Å². The third kappa shape index (κ3) is 5.27. The monoisotopic (exact) mass is 340 g/mol. The normalized spacial score (nSPS) is 15.9. The van der Waals surface area contributed by atoms with Crippen molar-refractivity contribution in [2.75, 3.05) is 20.8 Å². The second-order valence-corrected chi connectivity index (χ2v) is 7.78. The van der Waals surface area contributed by atoms with Crippen molar-refractivity contribution in [1.29, 1.82) is 0 Å². The minimum atomic E-state index is -0.0935. The number of rotatable bonds is 7. The number of carbonyl (C=O) groups excluding carboxylic acids is 1. The van der Waals surface area contributed by atoms with Gasteiger partial charge in [0.25, 0.3) is 0 Å². The van der Waals surface area contributed by atoms with E-state index in [1.807, 2.05) is 0 Å². The topological polar surface area (TPSA) is 70.5 Å². The lowest BCUT2D eigenvalue weighted by Crippen LogP contribution is -2.30. The summed E-state index contributed by atoms with van der Waals surface area (Å²) in [6.45, 7) is 6.65. The lowest BCUT2D eigenvalue weighted by molar-refractivity contribution is -0.145. The fraction of sp³-hybridized carbons (Fsp3) is 0.688. The maximum atomic E-state index is 11.8. The van der Waals surface area contributed by atoms with Gasteiger partial charge in [-0.3, -0.25) is 4.79 Å². The third-order valence-electron chi connectivity index (χ3n) is 3.58. The van der Waals surface area contributed by atoms with Crippen LogP contribution < -0.4 is 9.47 Å². The highest BCUT2D eigenvalue weighted by Crippen LogP contribution is 2.36. The van der Waals surface area contributed by atoms with Gasteiger partial charge in [0.1, 0.15) is 6.61 Å². The number of nitrogens with zero attached hydrogens (tertiary/aromatic N) is 2. The van der Waals surface area contributed by atoms with Crippen LogP contribution >= 0.6 is 11.8 Å². The molecule has 1 aromatic rings. The van der Waals surface area contributed by atoms with Crippen LogP contribution in [0.15, 0.2) is 11.2 Å². The highest BCUT2D eigenvalue weighted by molar-refractivity contribution is 7.99. The number of methoxy groups -OCH3 is 2. The van der Waals surface area contributed by atoms with Crippen LogP contribution in [-0.2, 0) is 9.53 Å². The molecule has 2 rings (SSSR count). The Morgan fingerprint density at radius 2 is 1.83 bits per heavy atom. The zero-order chi connectivity index (χ0) is 17.0. The zero-order valence-electron chi connectivity index (χ0n) is 14.3. The largest absolute Gasteiger partial charge is 0.481 e. The smallest absolute Gasteiger partial charge is 0.308 e. The van der Waals surface area contributed by atoms with E-state index in [1.165, 1.54) is 11.8 Å². The van der Waals surface area contributed by atoms with Gasteiger partial charge >= 0.3 is 5.97 Å². The first kappa shape index (κ1) is 17.8. The van der Waals surface area contributed by atoms with Crippen LogP contribution in [-0.4, -0.2) is 42.0 Å². The Labute approximate surface area is 141 Å². The lowest BCUT2D eigenvalue weighted by Gasteiger charge is -2.29. The van der Waals surface area contributed by atoms with Gasteiger partial charge in [-0.15, -0.1) is 0 Å². The summed E-state index contributed by atoms with van der Waals surface area (Å²) in [7, 11) is 3.10. The van der Waals surface area contributed by atoms with Crippen LogP contribution in [0.1, 0.15) is 33.6 Å². The number of hydrogen-bond donors (Lipinski definition) is 0. The van der Waals surface area contributed by atoms with E-state index in [1.54, 1.807) is 20.3 Å². The van der Waals surface area contributed by atoms with E-state index in [4.69, 9.17) is 14.2 Å². The van der Waals surface area contributed by atoms with E-state index in [9.17, 15) is 4.79 Å². The summed E-state index contributed by atoms with van der Waals surface area (Å²) >= 11 is 1.47. The standard InChI is InChI=1S/C16H24N2O4S/c1-16(2,3)11(9-22-14(19)10-6-7-10)23-15-17-12(20-4)8-13(18-15)21-5/h8,10-11H,6-7,9H2,1-5H3. The summed E-state index contributed by atoms with van der Waals surface area (Å²) in [6, 6.07) is 1.63. The molecular weight excluding hydrogens is 316 g/mol. The minimum Gasteiger partial charge on any atom is -0.481 e. The molecule has 1 saturated carbocycles. The molecule has 0 N–H and O–H groups in total. The third-order valence-corrected chi connectivity index (χ3v) is 5.10. The second-order valence-electron chi connectivity index (χ2n) is 6.61. The summed E-state index contributed by atoms with van der Waals surface area (Å²) in [5, 5.41) is 0.575. The average molecular weight is 340 g/mol. The number of aromatic nitrogens is 2. The Bertz CT molecular complexity index is 533. The Morgan fingerprint density at radius 1 is 1.26 bits per heavy atom. The van der Waals surface area contributed by atoms with Crippen molar-refractivity contribution in [2.45, 2.75) is 44.0 Å². The first-order valence-corrected chi connectivity index (χ1v) is 8.52. The highest BCUT2D eigenvalue weighted by atomic mass is 32.2. The van der Waals surface area contributed by atoms with Crippen molar-refractivity contribution >= 4 is 17.7 Å². The average Bonchev–Trinajstić information content (AvgIpc) is 3.34. The van der Waals surface area contributed by atoms with Gasteiger partial charge in [-0.1, -0.05) is 32.5 Å². The van der Waals surface area contributed by atoms with Crippen LogP contribution in [0.2, 0.25) is 0 Å². The summed E-state index contributed by atoms with van der Waals surface area (Å²) in [4.78, 5) is 20.5. The molecule has 0 radical (unpaired) electrons. The molecule has 1 aliphatic rings. The molecular formula is C16H24N2O4S. The van der Waals surface area contributed by atoms with Crippen molar-refractivity contribution in [1.82, 2.24) is 9.97 Å². The molecule has 1 heterocycles. The van der Waals surface area contributed by atoms with Gasteiger partial charge in [0.15, 0.2) is 5.16 Å². The molecule has 23 heavy (non-hydrogen) atoms. The fourth-order valence-electron chi connectivity index (χ4n) is 1.83. The first-order chi connectivity index (χ1) is 10.8. The van der Waals surface area contributed by atoms with Crippen LogP contribution in [0.5, 0.6) is 11.8 Å². The summed E-state index contributed by atoms with van der Waals surface area (Å²) < 4.78 is 15.8. The molecule has 128 valence electrons. The molecule has 7 heteroatoms. The second kappa shape index (κ2) is 7.38. The number of carbonyl (C=O) groups is 1. The van der Waals surface area contributed by atoms with Crippen LogP contribution in [0.4, 0.5) is 0 Å². The van der Waals surface area contributed by atoms with E-state index in [0.717, 1.165) is 12.8 Å². The van der Waals surface area contributed by atoms with Crippen LogP contribution in [0, 0.1) is 11.3 Å². The van der Waals surface area contributed by atoms with E-state index >= 15 is 0 Å². The van der Waals surface area contributed by atoms with Gasteiger partial charge in [0.05, 0.1) is 31.5 Å². The lowest BCUT2D eigenvalue weighted by atomic mass is 9.92. The molecule has 6 nitrogen and oxygen atoms in total. The molecule has 1 unspecified atom stereocenters. The SMILES string of the molecule is COc1cc(OC)nc(SC(COC(=O)C2CC2)C(C)(C)C)n1. The maximum absolute atomic E-state index is 11.8. The van der Waals surface area contributed by atoms with Gasteiger partial charge in [-0.2, -0.15) is 9.97 Å². The molecule has 1 atom stereocenters. The Balaban J connectivity index is 2.08. The van der Waals surface area contributed by atoms with E-state index < -0.39 is 0 Å². The molecule has 0 bridgehead atoms. The minimum absolute atomic E-state index is 0.0296. The summed E-state index contributed by atoms with van der Waals surface area (Å²) in [5.74, 6) is 0.904. The van der Waals surface area contributed by atoms with Crippen molar-refractivity contribution in [3.63, 3.8) is 0 Å².